The predicted octanol–water partition coefficient (Wildman–Crippen LogP) is 1.51. The number of carbonyl (C=O) groups excluding carboxylic acids is 1. The van der Waals surface area contributed by atoms with Crippen LogP contribution in [0.25, 0.3) is 0 Å². The molecular weight excluding hydrogens is 226 g/mol. The summed E-state index contributed by atoms with van der Waals surface area (Å²) in [7, 11) is 0. The van der Waals surface area contributed by atoms with Crippen LogP contribution in [-0.2, 0) is 4.79 Å². The molecule has 2 rings (SSSR count). The Balaban J connectivity index is 1.83. The number of hydrogen-bond donors (Lipinski definition) is 3. The van der Waals surface area contributed by atoms with Crippen LogP contribution in [0.15, 0.2) is 30.3 Å². The van der Waals surface area contributed by atoms with E-state index in [1.54, 1.807) is 0 Å². The number of benzene rings is 1. The summed E-state index contributed by atoms with van der Waals surface area (Å²) in [5, 5.41) is 2.96. The van der Waals surface area contributed by atoms with Crippen LogP contribution >= 0.6 is 0 Å². The fourth-order valence-corrected chi connectivity index (χ4v) is 2.14. The zero-order valence-corrected chi connectivity index (χ0v) is 10.8. The number of unbranched alkanes of at least 4 members (excludes halogenated alkanes) is 1. The fourth-order valence-electron chi connectivity index (χ4n) is 2.14. The van der Waals surface area contributed by atoms with E-state index in [2.05, 4.69) is 35.2 Å². The average Bonchev–Trinajstić information content (AvgIpc) is 2.89. The van der Waals surface area contributed by atoms with E-state index in [4.69, 9.17) is 0 Å². The van der Waals surface area contributed by atoms with Gasteiger partial charge in [0.1, 0.15) is 6.04 Å². The van der Waals surface area contributed by atoms with Gasteiger partial charge >= 0.3 is 0 Å². The van der Waals surface area contributed by atoms with Crippen molar-refractivity contribution in [1.29, 1.82) is 0 Å². The van der Waals surface area contributed by atoms with E-state index < -0.39 is 0 Å². The van der Waals surface area contributed by atoms with Gasteiger partial charge < -0.3 is 5.32 Å². The molecule has 0 radical (unpaired) electrons. The molecule has 18 heavy (non-hydrogen) atoms. The molecule has 1 aliphatic rings. The molecule has 1 fully saturated rings. The molecule has 1 aromatic carbocycles. The smallest absolute Gasteiger partial charge is 0.238 e. The summed E-state index contributed by atoms with van der Waals surface area (Å²) in [5.41, 5.74) is 7.47. The third-order valence-corrected chi connectivity index (χ3v) is 3.25. The monoisotopic (exact) mass is 247 g/mol. The van der Waals surface area contributed by atoms with Crippen molar-refractivity contribution in [2.24, 2.45) is 0 Å². The van der Waals surface area contributed by atoms with E-state index in [1.807, 2.05) is 18.2 Å². The first-order chi connectivity index (χ1) is 8.81. The zero-order valence-electron chi connectivity index (χ0n) is 10.8. The maximum absolute atomic E-state index is 11.9. The van der Waals surface area contributed by atoms with Crippen LogP contribution in [0.5, 0.6) is 0 Å². The van der Waals surface area contributed by atoms with E-state index in [-0.39, 0.29) is 18.0 Å². The quantitative estimate of drug-likeness (QED) is 0.691. The second kappa shape index (κ2) is 6.52. The van der Waals surface area contributed by atoms with E-state index in [9.17, 15) is 4.79 Å². The topological polar surface area (TPSA) is 53.2 Å². The number of rotatable bonds is 5. The van der Waals surface area contributed by atoms with Gasteiger partial charge in [-0.3, -0.25) is 4.79 Å². The van der Waals surface area contributed by atoms with Gasteiger partial charge in [0.2, 0.25) is 5.91 Å². The molecule has 1 heterocycles. The molecule has 0 saturated carbocycles. The molecule has 0 aromatic heterocycles. The van der Waals surface area contributed by atoms with Gasteiger partial charge in [0.15, 0.2) is 0 Å². The minimum absolute atomic E-state index is 0.0920. The van der Waals surface area contributed by atoms with Crippen molar-refractivity contribution >= 4 is 5.91 Å². The predicted molar refractivity (Wildman–Crippen MR) is 71.8 cm³/mol. The standard InChI is InChI=1S/C14H21N3O/c1-2-3-9-15-14(18)13-10-12(16-17-13)11-7-5-4-6-8-11/h4-8,12-13,16-17H,2-3,9-10H2,1H3,(H,15,18). The van der Waals surface area contributed by atoms with Crippen LogP contribution in [0.2, 0.25) is 0 Å². The molecule has 3 N–H and O–H groups in total. The Bertz CT molecular complexity index is 380. The molecule has 1 saturated heterocycles. The van der Waals surface area contributed by atoms with E-state index in [0.29, 0.717) is 0 Å². The van der Waals surface area contributed by atoms with Crippen molar-refractivity contribution in [3.05, 3.63) is 35.9 Å². The van der Waals surface area contributed by atoms with E-state index >= 15 is 0 Å². The lowest BCUT2D eigenvalue weighted by atomic mass is 10.0. The summed E-state index contributed by atoms with van der Waals surface area (Å²) >= 11 is 0. The molecule has 2 atom stereocenters. The Hall–Kier alpha value is -1.39. The van der Waals surface area contributed by atoms with Crippen LogP contribution in [0.3, 0.4) is 0 Å². The van der Waals surface area contributed by atoms with Gasteiger partial charge in [-0.1, -0.05) is 43.7 Å². The normalized spacial score (nSPS) is 22.9. The number of hydrazine groups is 1. The molecule has 4 heteroatoms. The lowest BCUT2D eigenvalue weighted by Crippen LogP contribution is -2.43. The number of hydrogen-bond acceptors (Lipinski definition) is 3. The lowest BCUT2D eigenvalue weighted by Gasteiger charge is -2.10. The van der Waals surface area contributed by atoms with Gasteiger partial charge in [-0.15, -0.1) is 0 Å². The van der Waals surface area contributed by atoms with Crippen LogP contribution in [0.4, 0.5) is 0 Å². The van der Waals surface area contributed by atoms with E-state index in [0.717, 1.165) is 25.8 Å². The van der Waals surface area contributed by atoms with Crippen LogP contribution in [-0.4, -0.2) is 18.5 Å². The van der Waals surface area contributed by atoms with Gasteiger partial charge in [-0.25, -0.2) is 10.9 Å². The van der Waals surface area contributed by atoms with Gasteiger partial charge in [0.05, 0.1) is 0 Å². The molecule has 0 aliphatic carbocycles. The molecule has 2 unspecified atom stereocenters. The molecule has 98 valence electrons. The van der Waals surface area contributed by atoms with Crippen molar-refractivity contribution in [1.82, 2.24) is 16.2 Å². The van der Waals surface area contributed by atoms with Crippen molar-refractivity contribution in [2.45, 2.75) is 38.3 Å². The number of nitrogens with one attached hydrogen (secondary N) is 3. The summed E-state index contributed by atoms with van der Waals surface area (Å²) in [6.45, 7) is 2.89. The second-order valence-corrected chi connectivity index (χ2v) is 4.68. The van der Waals surface area contributed by atoms with Crippen LogP contribution in [0.1, 0.15) is 37.8 Å². The van der Waals surface area contributed by atoms with Gasteiger partial charge in [0, 0.05) is 12.6 Å². The van der Waals surface area contributed by atoms with Crippen LogP contribution in [0, 0.1) is 0 Å². The summed E-state index contributed by atoms with van der Waals surface area (Å²) in [6, 6.07) is 10.3. The highest BCUT2D eigenvalue weighted by Gasteiger charge is 2.29. The molecule has 1 aromatic rings. The summed E-state index contributed by atoms with van der Waals surface area (Å²) in [6.07, 6.45) is 2.93. The zero-order chi connectivity index (χ0) is 12.8. The minimum Gasteiger partial charge on any atom is -0.355 e. The van der Waals surface area contributed by atoms with Crippen molar-refractivity contribution in [2.75, 3.05) is 6.54 Å². The number of amides is 1. The summed E-state index contributed by atoms with van der Waals surface area (Å²) in [4.78, 5) is 11.9. The molecule has 4 nitrogen and oxygen atoms in total. The second-order valence-electron chi connectivity index (χ2n) is 4.68. The van der Waals surface area contributed by atoms with Crippen molar-refractivity contribution in [3.8, 4) is 0 Å². The van der Waals surface area contributed by atoms with Crippen molar-refractivity contribution < 1.29 is 4.79 Å². The Labute approximate surface area is 108 Å². The fraction of sp³-hybridized carbons (Fsp3) is 0.500. The molecular formula is C14H21N3O. The number of carbonyl (C=O) groups is 1. The van der Waals surface area contributed by atoms with Gasteiger partial charge in [-0.05, 0) is 18.4 Å². The highest BCUT2D eigenvalue weighted by atomic mass is 16.2. The molecule has 0 spiro atoms. The molecule has 0 bridgehead atoms. The van der Waals surface area contributed by atoms with Crippen LogP contribution < -0.4 is 16.2 Å². The SMILES string of the molecule is CCCCNC(=O)C1CC(c2ccccc2)NN1. The molecule has 1 aliphatic heterocycles. The molecule has 1 amide bonds. The lowest BCUT2D eigenvalue weighted by molar-refractivity contribution is -0.122. The Morgan fingerprint density at radius 1 is 1.33 bits per heavy atom. The largest absolute Gasteiger partial charge is 0.355 e. The highest BCUT2D eigenvalue weighted by Crippen LogP contribution is 2.21. The first-order valence-corrected chi connectivity index (χ1v) is 6.65. The van der Waals surface area contributed by atoms with Crippen molar-refractivity contribution in [3.63, 3.8) is 0 Å². The van der Waals surface area contributed by atoms with Gasteiger partial charge in [0.25, 0.3) is 0 Å². The first-order valence-electron chi connectivity index (χ1n) is 6.65. The first kappa shape index (κ1) is 13.1. The Morgan fingerprint density at radius 3 is 2.83 bits per heavy atom. The van der Waals surface area contributed by atoms with E-state index in [1.165, 1.54) is 5.56 Å². The Kier molecular flexibility index (Phi) is 4.73. The minimum atomic E-state index is -0.132. The third-order valence-electron chi connectivity index (χ3n) is 3.25. The maximum Gasteiger partial charge on any atom is 0.238 e. The summed E-state index contributed by atoms with van der Waals surface area (Å²) < 4.78 is 0. The maximum atomic E-state index is 11.9. The Morgan fingerprint density at radius 2 is 2.11 bits per heavy atom. The van der Waals surface area contributed by atoms with Gasteiger partial charge in [-0.2, -0.15) is 0 Å². The third kappa shape index (κ3) is 3.31. The summed E-state index contributed by atoms with van der Waals surface area (Å²) in [5.74, 6) is 0.0920. The highest BCUT2D eigenvalue weighted by molar-refractivity contribution is 5.82. The average molecular weight is 247 g/mol.